The van der Waals surface area contributed by atoms with Crippen molar-refractivity contribution in [3.05, 3.63) is 30.0 Å². The van der Waals surface area contributed by atoms with Crippen LogP contribution < -0.4 is 0 Å². The number of ether oxygens (including phenoxy) is 1. The minimum atomic E-state index is -0.514. The third-order valence-electron chi connectivity index (χ3n) is 3.60. The van der Waals surface area contributed by atoms with E-state index in [0.717, 1.165) is 6.42 Å². The first-order valence-electron chi connectivity index (χ1n) is 7.31. The van der Waals surface area contributed by atoms with Gasteiger partial charge in [0.1, 0.15) is 17.2 Å². The lowest BCUT2D eigenvalue weighted by Crippen LogP contribution is -2.35. The molecule has 0 saturated carbocycles. The molecule has 0 spiro atoms. The van der Waals surface area contributed by atoms with Crippen molar-refractivity contribution in [3.8, 4) is 0 Å². The molecule has 2 aromatic rings. The molecule has 0 aliphatic carbocycles. The molecule has 2 aromatic heterocycles. The van der Waals surface area contributed by atoms with Gasteiger partial charge in [0.15, 0.2) is 5.65 Å². The van der Waals surface area contributed by atoms with Crippen LogP contribution in [0.2, 0.25) is 0 Å². The van der Waals surface area contributed by atoms with Crippen molar-refractivity contribution >= 4 is 11.7 Å². The van der Waals surface area contributed by atoms with Crippen LogP contribution in [0.5, 0.6) is 0 Å². The molecule has 0 aromatic carbocycles. The van der Waals surface area contributed by atoms with Gasteiger partial charge in [-0.2, -0.15) is 0 Å². The van der Waals surface area contributed by atoms with Crippen molar-refractivity contribution in [2.45, 2.75) is 38.7 Å². The summed E-state index contributed by atoms with van der Waals surface area (Å²) in [5, 5.41) is 8.20. The molecule has 1 fully saturated rings. The number of hydrogen-bond donors (Lipinski definition) is 0. The molecule has 6 nitrogen and oxygen atoms in total. The van der Waals surface area contributed by atoms with E-state index in [1.165, 1.54) is 12.3 Å². The van der Waals surface area contributed by atoms with Crippen LogP contribution in [0.4, 0.5) is 9.18 Å². The van der Waals surface area contributed by atoms with Gasteiger partial charge in [0, 0.05) is 25.2 Å². The lowest BCUT2D eigenvalue weighted by molar-refractivity contribution is 0.0292. The molecule has 0 N–H and O–H groups in total. The predicted octanol–water partition coefficient (Wildman–Crippen LogP) is 2.59. The van der Waals surface area contributed by atoms with Gasteiger partial charge in [-0.1, -0.05) is 0 Å². The zero-order valence-electron chi connectivity index (χ0n) is 12.9. The highest BCUT2D eigenvalue weighted by Gasteiger charge is 2.32. The number of likely N-dealkylation sites (tertiary alicyclic amines) is 1. The molecule has 118 valence electrons. The van der Waals surface area contributed by atoms with Crippen molar-refractivity contribution in [2.75, 3.05) is 13.1 Å². The van der Waals surface area contributed by atoms with Gasteiger partial charge in [0.05, 0.1) is 0 Å². The second-order valence-electron chi connectivity index (χ2n) is 6.55. The third-order valence-corrected chi connectivity index (χ3v) is 3.60. The van der Waals surface area contributed by atoms with Crippen LogP contribution in [0, 0.1) is 5.82 Å². The Morgan fingerprint density at radius 3 is 2.86 bits per heavy atom. The lowest BCUT2D eigenvalue weighted by Gasteiger charge is -2.24. The van der Waals surface area contributed by atoms with Gasteiger partial charge in [0.25, 0.3) is 0 Å². The maximum Gasteiger partial charge on any atom is 0.410 e. The van der Waals surface area contributed by atoms with Gasteiger partial charge < -0.3 is 9.64 Å². The summed E-state index contributed by atoms with van der Waals surface area (Å²) in [5.41, 5.74) is 0.0898. The van der Waals surface area contributed by atoms with E-state index in [-0.39, 0.29) is 17.8 Å². The van der Waals surface area contributed by atoms with Crippen molar-refractivity contribution in [1.29, 1.82) is 0 Å². The Morgan fingerprint density at radius 1 is 1.36 bits per heavy atom. The summed E-state index contributed by atoms with van der Waals surface area (Å²) in [5.74, 6) is 0.375. The van der Waals surface area contributed by atoms with E-state index in [2.05, 4.69) is 10.2 Å². The Kier molecular flexibility index (Phi) is 3.50. The molecule has 3 rings (SSSR count). The summed E-state index contributed by atoms with van der Waals surface area (Å²) in [7, 11) is 0. The van der Waals surface area contributed by atoms with Crippen molar-refractivity contribution in [3.63, 3.8) is 0 Å². The first-order chi connectivity index (χ1) is 10.3. The first kappa shape index (κ1) is 14.7. The normalized spacial score (nSPS) is 18.9. The molecule has 1 saturated heterocycles. The Hall–Kier alpha value is -2.18. The predicted molar refractivity (Wildman–Crippen MR) is 78.1 cm³/mol. The smallest absolute Gasteiger partial charge is 0.410 e. The summed E-state index contributed by atoms with van der Waals surface area (Å²) >= 11 is 0. The topological polar surface area (TPSA) is 59.7 Å². The zero-order chi connectivity index (χ0) is 15.9. The number of halogens is 1. The Morgan fingerprint density at radius 2 is 2.14 bits per heavy atom. The van der Waals surface area contributed by atoms with Crippen LogP contribution in [-0.4, -0.2) is 44.3 Å². The van der Waals surface area contributed by atoms with E-state index in [4.69, 9.17) is 4.74 Å². The number of carbonyl (C=O) groups is 1. The molecule has 7 heteroatoms. The monoisotopic (exact) mass is 306 g/mol. The van der Waals surface area contributed by atoms with E-state index in [1.807, 2.05) is 20.8 Å². The molecule has 1 atom stereocenters. The maximum atomic E-state index is 13.4. The van der Waals surface area contributed by atoms with Gasteiger partial charge in [-0.3, -0.25) is 4.40 Å². The average molecular weight is 306 g/mol. The highest BCUT2D eigenvalue weighted by Crippen LogP contribution is 2.27. The zero-order valence-corrected chi connectivity index (χ0v) is 12.9. The standard InChI is InChI=1S/C15H19FN4O2/c1-15(2,3)22-14(21)19-7-6-10(8-19)13-18-17-12-5-4-11(16)9-20(12)13/h4-5,9-10H,6-8H2,1-3H3/t10-/m1/s1. The SMILES string of the molecule is CC(C)(C)OC(=O)N1CC[C@@H](c2nnc3ccc(F)cn23)C1. The molecule has 0 radical (unpaired) electrons. The number of hydrogen-bond acceptors (Lipinski definition) is 4. The molecule has 3 heterocycles. The Balaban J connectivity index is 1.77. The van der Waals surface area contributed by atoms with Crippen LogP contribution >= 0.6 is 0 Å². The van der Waals surface area contributed by atoms with Crippen molar-refractivity contribution < 1.29 is 13.9 Å². The summed E-state index contributed by atoms with van der Waals surface area (Å²) < 4.78 is 20.4. The van der Waals surface area contributed by atoms with E-state index in [1.54, 1.807) is 15.4 Å². The van der Waals surface area contributed by atoms with Crippen molar-refractivity contribution in [1.82, 2.24) is 19.5 Å². The number of carbonyl (C=O) groups excluding carboxylic acids is 1. The highest BCUT2D eigenvalue weighted by atomic mass is 19.1. The minimum absolute atomic E-state index is 0.0318. The van der Waals surface area contributed by atoms with Gasteiger partial charge in [-0.25, -0.2) is 9.18 Å². The fourth-order valence-corrected chi connectivity index (χ4v) is 2.62. The second-order valence-corrected chi connectivity index (χ2v) is 6.55. The number of fused-ring (bicyclic) bond motifs is 1. The average Bonchev–Trinajstić information content (AvgIpc) is 3.01. The molecule has 1 aliphatic heterocycles. The quantitative estimate of drug-likeness (QED) is 0.812. The molecule has 1 aliphatic rings. The number of pyridine rings is 1. The van der Waals surface area contributed by atoms with Gasteiger partial charge in [-0.05, 0) is 39.3 Å². The fourth-order valence-electron chi connectivity index (χ4n) is 2.62. The Bertz CT molecular complexity index is 707. The van der Waals surface area contributed by atoms with E-state index in [9.17, 15) is 9.18 Å². The molecular formula is C15H19FN4O2. The minimum Gasteiger partial charge on any atom is -0.444 e. The van der Waals surface area contributed by atoms with E-state index >= 15 is 0 Å². The van der Waals surface area contributed by atoms with Crippen LogP contribution in [0.15, 0.2) is 18.3 Å². The molecule has 22 heavy (non-hydrogen) atoms. The van der Waals surface area contributed by atoms with Crippen LogP contribution in [0.1, 0.15) is 38.9 Å². The maximum absolute atomic E-state index is 13.4. The third kappa shape index (κ3) is 2.88. The number of nitrogens with zero attached hydrogens (tertiary/aromatic N) is 4. The summed E-state index contributed by atoms with van der Waals surface area (Å²) in [6, 6.07) is 2.95. The number of aromatic nitrogens is 3. The summed E-state index contributed by atoms with van der Waals surface area (Å²) in [6.07, 6.45) is 1.81. The summed E-state index contributed by atoms with van der Waals surface area (Å²) in [4.78, 5) is 13.8. The first-order valence-corrected chi connectivity index (χ1v) is 7.31. The van der Waals surface area contributed by atoms with Gasteiger partial charge >= 0.3 is 6.09 Å². The fraction of sp³-hybridized carbons (Fsp3) is 0.533. The molecule has 1 amide bonds. The van der Waals surface area contributed by atoms with E-state index < -0.39 is 5.60 Å². The van der Waals surface area contributed by atoms with Gasteiger partial charge in [-0.15, -0.1) is 10.2 Å². The highest BCUT2D eigenvalue weighted by molar-refractivity contribution is 5.68. The van der Waals surface area contributed by atoms with Crippen molar-refractivity contribution in [2.24, 2.45) is 0 Å². The number of rotatable bonds is 1. The second kappa shape index (κ2) is 5.23. The molecule has 0 unspecified atom stereocenters. The molecular weight excluding hydrogens is 287 g/mol. The largest absolute Gasteiger partial charge is 0.444 e. The molecule has 0 bridgehead atoms. The van der Waals surface area contributed by atoms with Gasteiger partial charge in [0.2, 0.25) is 0 Å². The number of amides is 1. The van der Waals surface area contributed by atoms with Crippen LogP contribution in [-0.2, 0) is 4.74 Å². The summed E-state index contributed by atoms with van der Waals surface area (Å²) in [6.45, 7) is 6.63. The van der Waals surface area contributed by atoms with E-state index in [0.29, 0.717) is 24.6 Å². The lowest BCUT2D eigenvalue weighted by atomic mass is 10.1. The Labute approximate surface area is 127 Å². The van der Waals surface area contributed by atoms with Crippen LogP contribution in [0.25, 0.3) is 5.65 Å². The van der Waals surface area contributed by atoms with Crippen LogP contribution in [0.3, 0.4) is 0 Å².